The zero-order valence-electron chi connectivity index (χ0n) is 22.5. The molecule has 2 atom stereocenters. The molecule has 0 radical (unpaired) electrons. The van der Waals surface area contributed by atoms with Crippen molar-refractivity contribution in [3.63, 3.8) is 0 Å². The average Bonchev–Trinajstić information content (AvgIpc) is 2.84. The van der Waals surface area contributed by atoms with E-state index in [1.165, 1.54) is 11.1 Å². The molecule has 3 aromatic rings. The SMILES string of the molecule is C=C(CC1(C(=O)OC(C)(C)C)CC(C)(c2ccccc2)CC(C)(c2ccccc2)C1)c1ccccc1. The molecule has 188 valence electrons. The molecule has 0 bridgehead atoms. The van der Waals surface area contributed by atoms with Gasteiger partial charge in [-0.05, 0) is 79.5 Å². The van der Waals surface area contributed by atoms with Crippen LogP contribution in [-0.4, -0.2) is 11.6 Å². The van der Waals surface area contributed by atoms with E-state index in [-0.39, 0.29) is 16.8 Å². The molecule has 4 rings (SSSR count). The van der Waals surface area contributed by atoms with Crippen molar-refractivity contribution < 1.29 is 9.53 Å². The quantitative estimate of drug-likeness (QED) is 0.331. The third-order valence-electron chi connectivity index (χ3n) is 7.74. The Labute approximate surface area is 217 Å². The number of carbonyl (C=O) groups excluding carboxylic acids is 1. The summed E-state index contributed by atoms with van der Waals surface area (Å²) in [6.45, 7) is 15.0. The topological polar surface area (TPSA) is 26.3 Å². The standard InChI is InChI=1S/C34H40O2/c1-26(27-16-10-7-11-17-27)22-34(30(35)36-31(2,3)4)24-32(5,28-18-12-8-13-19-28)23-33(6,25-34)29-20-14-9-15-21-29/h7-21H,1,22-25H2,2-6H3. The first-order valence-corrected chi connectivity index (χ1v) is 13.0. The summed E-state index contributed by atoms with van der Waals surface area (Å²) in [6.07, 6.45) is 2.95. The minimum Gasteiger partial charge on any atom is -0.460 e. The van der Waals surface area contributed by atoms with Crippen LogP contribution in [0.15, 0.2) is 97.6 Å². The lowest BCUT2D eigenvalue weighted by Crippen LogP contribution is -2.52. The summed E-state index contributed by atoms with van der Waals surface area (Å²) in [5, 5.41) is 0. The molecule has 2 heteroatoms. The highest BCUT2D eigenvalue weighted by Gasteiger charge is 2.56. The van der Waals surface area contributed by atoms with E-state index in [1.54, 1.807) is 0 Å². The fraction of sp³-hybridized carbons (Fsp3) is 0.382. The molecule has 1 saturated carbocycles. The van der Waals surface area contributed by atoms with Crippen LogP contribution in [0.1, 0.15) is 77.0 Å². The number of allylic oxidation sites excluding steroid dienone is 1. The zero-order chi connectivity index (χ0) is 26.0. The third-order valence-corrected chi connectivity index (χ3v) is 7.74. The number of rotatable bonds is 6. The van der Waals surface area contributed by atoms with Gasteiger partial charge in [-0.15, -0.1) is 0 Å². The molecule has 0 heterocycles. The van der Waals surface area contributed by atoms with Gasteiger partial charge in [-0.3, -0.25) is 4.79 Å². The molecule has 2 unspecified atom stereocenters. The summed E-state index contributed by atoms with van der Waals surface area (Å²) in [7, 11) is 0. The van der Waals surface area contributed by atoms with E-state index in [1.807, 2.05) is 39.0 Å². The zero-order valence-corrected chi connectivity index (χ0v) is 22.5. The Morgan fingerprint density at radius 2 is 1.17 bits per heavy atom. The first-order chi connectivity index (χ1) is 16.9. The van der Waals surface area contributed by atoms with E-state index in [2.05, 4.69) is 93.2 Å². The van der Waals surface area contributed by atoms with Crippen LogP contribution in [0.2, 0.25) is 0 Å². The maximum Gasteiger partial charge on any atom is 0.312 e. The normalized spacial score (nSPS) is 26.2. The van der Waals surface area contributed by atoms with Crippen molar-refractivity contribution in [1.82, 2.24) is 0 Å². The van der Waals surface area contributed by atoms with Crippen LogP contribution >= 0.6 is 0 Å². The van der Waals surface area contributed by atoms with Crippen LogP contribution in [0.5, 0.6) is 0 Å². The summed E-state index contributed by atoms with van der Waals surface area (Å²) in [5.74, 6) is -0.115. The Kier molecular flexibility index (Phi) is 7.01. The van der Waals surface area contributed by atoms with E-state index in [4.69, 9.17) is 4.74 Å². The van der Waals surface area contributed by atoms with Crippen molar-refractivity contribution in [3.8, 4) is 0 Å². The number of benzene rings is 3. The van der Waals surface area contributed by atoms with Gasteiger partial charge < -0.3 is 4.74 Å². The Morgan fingerprint density at radius 3 is 1.58 bits per heavy atom. The first-order valence-electron chi connectivity index (χ1n) is 13.0. The summed E-state index contributed by atoms with van der Waals surface area (Å²) in [6, 6.07) is 31.6. The molecule has 0 amide bonds. The Morgan fingerprint density at radius 1 is 0.750 bits per heavy atom. The summed E-state index contributed by atoms with van der Waals surface area (Å²) in [4.78, 5) is 14.3. The van der Waals surface area contributed by atoms with Gasteiger partial charge in [-0.1, -0.05) is 111 Å². The Bertz CT molecular complexity index is 1140. The predicted octanol–water partition coefficient (Wildman–Crippen LogP) is 8.52. The van der Waals surface area contributed by atoms with Gasteiger partial charge in [0.1, 0.15) is 5.60 Å². The van der Waals surface area contributed by atoms with Gasteiger partial charge in [0, 0.05) is 0 Å². The largest absolute Gasteiger partial charge is 0.460 e. The van der Waals surface area contributed by atoms with E-state index in [0.717, 1.165) is 17.6 Å². The predicted molar refractivity (Wildman–Crippen MR) is 150 cm³/mol. The fourth-order valence-electron chi connectivity index (χ4n) is 6.54. The highest BCUT2D eigenvalue weighted by Crippen LogP contribution is 2.59. The maximum absolute atomic E-state index is 14.3. The van der Waals surface area contributed by atoms with Gasteiger partial charge in [0.15, 0.2) is 0 Å². The van der Waals surface area contributed by atoms with Crippen molar-refractivity contribution in [2.75, 3.05) is 0 Å². The second kappa shape index (κ2) is 9.73. The van der Waals surface area contributed by atoms with Crippen molar-refractivity contribution in [2.45, 2.75) is 76.7 Å². The molecule has 0 N–H and O–H groups in total. The van der Waals surface area contributed by atoms with Crippen molar-refractivity contribution in [1.29, 1.82) is 0 Å². The highest BCUT2D eigenvalue weighted by molar-refractivity contribution is 5.81. The van der Waals surface area contributed by atoms with Crippen molar-refractivity contribution in [2.24, 2.45) is 5.41 Å². The molecule has 1 aliphatic carbocycles. The number of ether oxygens (including phenoxy) is 1. The average molecular weight is 481 g/mol. The summed E-state index contributed by atoms with van der Waals surface area (Å²) >= 11 is 0. The molecule has 36 heavy (non-hydrogen) atoms. The van der Waals surface area contributed by atoms with Gasteiger partial charge in [-0.2, -0.15) is 0 Å². The highest BCUT2D eigenvalue weighted by atomic mass is 16.6. The summed E-state index contributed by atoms with van der Waals surface area (Å²) in [5.41, 5.74) is 2.89. The lowest BCUT2D eigenvalue weighted by atomic mass is 9.49. The molecule has 1 fully saturated rings. The molecule has 0 spiro atoms. The van der Waals surface area contributed by atoms with Gasteiger partial charge >= 0.3 is 5.97 Å². The Balaban J connectivity index is 1.88. The minimum absolute atomic E-state index is 0.115. The van der Waals surface area contributed by atoms with Gasteiger partial charge in [-0.25, -0.2) is 0 Å². The number of esters is 1. The molecule has 0 saturated heterocycles. The van der Waals surface area contributed by atoms with Crippen LogP contribution < -0.4 is 0 Å². The van der Waals surface area contributed by atoms with E-state index >= 15 is 0 Å². The molecule has 0 aliphatic heterocycles. The van der Waals surface area contributed by atoms with Gasteiger partial charge in [0.25, 0.3) is 0 Å². The lowest BCUT2D eigenvalue weighted by molar-refractivity contribution is -0.173. The van der Waals surface area contributed by atoms with Gasteiger partial charge in [0.2, 0.25) is 0 Å². The summed E-state index contributed by atoms with van der Waals surface area (Å²) < 4.78 is 6.20. The van der Waals surface area contributed by atoms with Gasteiger partial charge in [0.05, 0.1) is 5.41 Å². The molecule has 1 aliphatic rings. The first kappa shape index (κ1) is 25.9. The van der Waals surface area contributed by atoms with Crippen LogP contribution in [-0.2, 0) is 20.4 Å². The second-order valence-electron chi connectivity index (χ2n) is 12.3. The molecule has 3 aromatic carbocycles. The van der Waals surface area contributed by atoms with Crippen LogP contribution in [0.3, 0.4) is 0 Å². The molecular weight excluding hydrogens is 440 g/mol. The van der Waals surface area contributed by atoms with Crippen LogP contribution in [0, 0.1) is 5.41 Å². The number of hydrogen-bond acceptors (Lipinski definition) is 2. The number of carbonyl (C=O) groups is 1. The maximum atomic E-state index is 14.3. The van der Waals surface area contributed by atoms with E-state index in [9.17, 15) is 4.79 Å². The third kappa shape index (κ3) is 5.48. The minimum atomic E-state index is -0.715. The second-order valence-corrected chi connectivity index (χ2v) is 12.3. The van der Waals surface area contributed by atoms with Crippen LogP contribution in [0.25, 0.3) is 5.57 Å². The number of hydrogen-bond donors (Lipinski definition) is 0. The molecule has 2 nitrogen and oxygen atoms in total. The lowest BCUT2D eigenvalue weighted by Gasteiger charge is -2.54. The smallest absolute Gasteiger partial charge is 0.312 e. The van der Waals surface area contributed by atoms with E-state index < -0.39 is 11.0 Å². The fourth-order valence-corrected chi connectivity index (χ4v) is 6.54. The van der Waals surface area contributed by atoms with Crippen molar-refractivity contribution in [3.05, 3.63) is 114 Å². The molecular formula is C34H40O2. The van der Waals surface area contributed by atoms with E-state index in [0.29, 0.717) is 19.3 Å². The van der Waals surface area contributed by atoms with Crippen LogP contribution in [0.4, 0.5) is 0 Å². The Hall–Kier alpha value is -3.13. The van der Waals surface area contributed by atoms with Crippen molar-refractivity contribution >= 4 is 11.5 Å². The molecule has 0 aromatic heterocycles. The monoisotopic (exact) mass is 480 g/mol.